The summed E-state index contributed by atoms with van der Waals surface area (Å²) >= 11 is 0. The molecule has 0 aromatic heterocycles. The topological polar surface area (TPSA) is 31.5 Å². The van der Waals surface area contributed by atoms with Crippen molar-refractivity contribution < 1.29 is 5.48 Å². The molecule has 2 aliphatic rings. The Labute approximate surface area is 61.7 Å². The zero-order valence-electron chi connectivity index (χ0n) is 6.19. The average Bonchev–Trinajstić information content (AvgIpc) is 2.33. The van der Waals surface area contributed by atoms with Gasteiger partial charge in [0.25, 0.3) is 0 Å². The van der Waals surface area contributed by atoms with Crippen LogP contribution in [0.25, 0.3) is 0 Å². The fraction of sp³-hybridized carbons (Fsp3) is 0.556. The number of hydrogen-bond acceptors (Lipinski definition) is 0. The molecule has 0 unspecified atom stereocenters. The summed E-state index contributed by atoms with van der Waals surface area (Å²) in [4.78, 5) is 0. The van der Waals surface area contributed by atoms with Gasteiger partial charge in [-0.2, -0.15) is 0 Å². The maximum atomic E-state index is 2.38. The second-order valence-corrected chi connectivity index (χ2v) is 2.90. The Balaban J connectivity index is 0.000000500. The van der Waals surface area contributed by atoms with Gasteiger partial charge in [-0.25, -0.2) is 0 Å². The van der Waals surface area contributed by atoms with Gasteiger partial charge in [0.2, 0.25) is 0 Å². The number of hydrogen-bond donors (Lipinski definition) is 0. The molecular formula is C9H14O. The molecule has 0 aliphatic heterocycles. The van der Waals surface area contributed by atoms with Crippen LogP contribution in [0.15, 0.2) is 23.3 Å². The van der Waals surface area contributed by atoms with E-state index < -0.39 is 0 Å². The Bertz CT molecular complexity index is 157. The van der Waals surface area contributed by atoms with Gasteiger partial charge in [-0.3, -0.25) is 0 Å². The monoisotopic (exact) mass is 138 g/mol. The van der Waals surface area contributed by atoms with Crippen LogP contribution in [0.4, 0.5) is 0 Å². The Morgan fingerprint density at radius 1 is 0.900 bits per heavy atom. The summed E-state index contributed by atoms with van der Waals surface area (Å²) in [5.74, 6) is 0. The third-order valence-electron chi connectivity index (χ3n) is 2.28. The van der Waals surface area contributed by atoms with Crippen molar-refractivity contribution >= 4 is 0 Å². The molecule has 2 N–H and O–H groups in total. The van der Waals surface area contributed by atoms with E-state index in [2.05, 4.69) is 12.2 Å². The van der Waals surface area contributed by atoms with Gasteiger partial charge in [-0.15, -0.1) is 0 Å². The van der Waals surface area contributed by atoms with Gasteiger partial charge in [0.15, 0.2) is 0 Å². The third kappa shape index (κ3) is 1.14. The molecule has 0 radical (unpaired) electrons. The Kier molecular flexibility index (Phi) is 2.28. The standard InChI is InChI=1S/C9H12.H2O/c1-2-5-9-7-3-6-8(9)4-1;/h6-7H,1-5H2;1H2. The van der Waals surface area contributed by atoms with Gasteiger partial charge < -0.3 is 5.48 Å². The van der Waals surface area contributed by atoms with Crippen molar-refractivity contribution in [3.05, 3.63) is 23.3 Å². The fourth-order valence-electron chi connectivity index (χ4n) is 1.76. The van der Waals surface area contributed by atoms with Gasteiger partial charge >= 0.3 is 0 Å². The first kappa shape index (κ1) is 7.55. The van der Waals surface area contributed by atoms with Gasteiger partial charge in [0, 0.05) is 0 Å². The highest BCUT2D eigenvalue weighted by atomic mass is 16.0. The van der Waals surface area contributed by atoms with Crippen LogP contribution in [-0.4, -0.2) is 5.48 Å². The van der Waals surface area contributed by atoms with Crippen molar-refractivity contribution in [2.45, 2.75) is 32.1 Å². The van der Waals surface area contributed by atoms with Gasteiger partial charge in [0.1, 0.15) is 0 Å². The van der Waals surface area contributed by atoms with Crippen molar-refractivity contribution in [1.29, 1.82) is 0 Å². The van der Waals surface area contributed by atoms with Crippen molar-refractivity contribution in [3.63, 3.8) is 0 Å². The summed E-state index contributed by atoms with van der Waals surface area (Å²) in [6.07, 6.45) is 11.5. The van der Waals surface area contributed by atoms with E-state index in [1.165, 1.54) is 32.1 Å². The minimum absolute atomic E-state index is 0. The third-order valence-corrected chi connectivity index (χ3v) is 2.28. The molecule has 2 rings (SSSR count). The molecule has 56 valence electrons. The van der Waals surface area contributed by atoms with Crippen LogP contribution < -0.4 is 0 Å². The average molecular weight is 138 g/mol. The van der Waals surface area contributed by atoms with Crippen molar-refractivity contribution in [2.75, 3.05) is 0 Å². The molecule has 0 spiro atoms. The van der Waals surface area contributed by atoms with Crippen LogP contribution in [0.2, 0.25) is 0 Å². The highest BCUT2D eigenvalue weighted by Gasteiger charge is 2.13. The summed E-state index contributed by atoms with van der Waals surface area (Å²) in [7, 11) is 0. The SMILES string of the molecule is C1=C2CCCCC2=CC1.O. The summed E-state index contributed by atoms with van der Waals surface area (Å²) < 4.78 is 0. The maximum absolute atomic E-state index is 2.38. The molecule has 1 fully saturated rings. The Morgan fingerprint density at radius 2 is 1.40 bits per heavy atom. The largest absolute Gasteiger partial charge is 0.412 e. The first-order valence-electron chi connectivity index (χ1n) is 3.85. The smallest absolute Gasteiger partial charge is 0.0157 e. The zero-order chi connectivity index (χ0) is 6.10. The lowest BCUT2D eigenvalue weighted by atomic mass is 9.92. The van der Waals surface area contributed by atoms with Crippen LogP contribution >= 0.6 is 0 Å². The van der Waals surface area contributed by atoms with Crippen LogP contribution in [-0.2, 0) is 0 Å². The minimum atomic E-state index is 0. The van der Waals surface area contributed by atoms with Gasteiger partial charge in [-0.1, -0.05) is 12.2 Å². The van der Waals surface area contributed by atoms with Crippen LogP contribution in [0.5, 0.6) is 0 Å². The van der Waals surface area contributed by atoms with E-state index >= 15 is 0 Å². The first-order chi connectivity index (χ1) is 4.47. The lowest BCUT2D eigenvalue weighted by Gasteiger charge is -2.13. The lowest BCUT2D eigenvalue weighted by molar-refractivity contribution is 0.682. The van der Waals surface area contributed by atoms with Crippen LogP contribution in [0.3, 0.4) is 0 Å². The Hall–Kier alpha value is -0.560. The number of rotatable bonds is 0. The molecule has 1 saturated carbocycles. The van der Waals surface area contributed by atoms with Crippen molar-refractivity contribution in [2.24, 2.45) is 0 Å². The summed E-state index contributed by atoms with van der Waals surface area (Å²) in [6.45, 7) is 0. The predicted molar refractivity (Wildman–Crippen MR) is 42.9 cm³/mol. The molecule has 0 saturated heterocycles. The normalized spacial score (nSPS) is 22.4. The molecule has 0 heterocycles. The number of allylic oxidation sites excluding steroid dienone is 4. The molecule has 2 aliphatic carbocycles. The summed E-state index contributed by atoms with van der Waals surface area (Å²) in [5.41, 5.74) is 3.31. The van der Waals surface area contributed by atoms with E-state index in [0.29, 0.717) is 0 Å². The lowest BCUT2D eigenvalue weighted by Crippen LogP contribution is -1.94. The van der Waals surface area contributed by atoms with Crippen LogP contribution in [0, 0.1) is 0 Å². The Morgan fingerprint density at radius 3 is 1.90 bits per heavy atom. The van der Waals surface area contributed by atoms with Gasteiger partial charge in [-0.05, 0) is 43.3 Å². The summed E-state index contributed by atoms with van der Waals surface area (Å²) in [6, 6.07) is 0. The van der Waals surface area contributed by atoms with E-state index in [1.54, 1.807) is 11.1 Å². The molecular weight excluding hydrogens is 124 g/mol. The second kappa shape index (κ2) is 3.02. The van der Waals surface area contributed by atoms with E-state index in [9.17, 15) is 0 Å². The fourth-order valence-corrected chi connectivity index (χ4v) is 1.76. The maximum Gasteiger partial charge on any atom is -0.0157 e. The van der Waals surface area contributed by atoms with Crippen LogP contribution in [0.1, 0.15) is 32.1 Å². The van der Waals surface area contributed by atoms with Crippen molar-refractivity contribution in [1.82, 2.24) is 0 Å². The van der Waals surface area contributed by atoms with Crippen molar-refractivity contribution in [3.8, 4) is 0 Å². The molecule has 0 amide bonds. The highest BCUT2D eigenvalue weighted by Crippen LogP contribution is 2.32. The quantitative estimate of drug-likeness (QED) is 0.490. The molecule has 0 aromatic carbocycles. The number of fused-ring (bicyclic) bond motifs is 1. The predicted octanol–water partition coefficient (Wildman–Crippen LogP) is 1.99. The van der Waals surface area contributed by atoms with Gasteiger partial charge in [0.05, 0.1) is 0 Å². The highest BCUT2D eigenvalue weighted by molar-refractivity contribution is 5.38. The molecule has 0 atom stereocenters. The first-order valence-corrected chi connectivity index (χ1v) is 3.85. The van der Waals surface area contributed by atoms with E-state index in [-0.39, 0.29) is 5.48 Å². The van der Waals surface area contributed by atoms with E-state index in [1.807, 2.05) is 0 Å². The van der Waals surface area contributed by atoms with E-state index in [0.717, 1.165) is 0 Å². The zero-order valence-corrected chi connectivity index (χ0v) is 6.19. The molecule has 1 nitrogen and oxygen atoms in total. The van der Waals surface area contributed by atoms with E-state index in [4.69, 9.17) is 0 Å². The molecule has 10 heavy (non-hydrogen) atoms. The minimum Gasteiger partial charge on any atom is -0.412 e. The molecule has 0 aromatic rings. The summed E-state index contributed by atoms with van der Waals surface area (Å²) in [5, 5.41) is 0. The second-order valence-electron chi connectivity index (χ2n) is 2.90. The molecule has 0 bridgehead atoms. The molecule has 1 heteroatoms.